The monoisotopic (exact) mass is 345 g/mol. The lowest BCUT2D eigenvalue weighted by Gasteiger charge is -2.18. The summed E-state index contributed by atoms with van der Waals surface area (Å²) in [6.45, 7) is 1.20. The van der Waals surface area contributed by atoms with E-state index in [1.165, 1.54) is 50.4 Å². The lowest BCUT2D eigenvalue weighted by Crippen LogP contribution is -2.35. The Bertz CT molecular complexity index is 838. The zero-order chi connectivity index (χ0) is 18.6. The van der Waals surface area contributed by atoms with Gasteiger partial charge in [0.1, 0.15) is 5.82 Å². The summed E-state index contributed by atoms with van der Waals surface area (Å²) >= 11 is 0. The topological polar surface area (TPSA) is 92.6 Å². The van der Waals surface area contributed by atoms with E-state index in [-0.39, 0.29) is 29.0 Å². The third-order valence-electron chi connectivity index (χ3n) is 3.57. The normalized spacial score (nSPS) is 10.2. The molecular formula is C17H16FN3O4. The van der Waals surface area contributed by atoms with Gasteiger partial charge in [-0.25, -0.2) is 4.39 Å². The number of likely N-dealkylation sites (N-methyl/N-ethyl adjacent to an activating group) is 1. The molecule has 2 rings (SSSR count). The lowest BCUT2D eigenvalue weighted by atomic mass is 10.1. The third kappa shape index (κ3) is 4.37. The van der Waals surface area contributed by atoms with Crippen molar-refractivity contribution in [3.05, 3.63) is 69.5 Å². The highest BCUT2D eigenvalue weighted by atomic mass is 19.1. The van der Waals surface area contributed by atoms with Crippen LogP contribution in [-0.2, 0) is 4.79 Å². The molecule has 25 heavy (non-hydrogen) atoms. The number of halogens is 1. The summed E-state index contributed by atoms with van der Waals surface area (Å²) in [7, 11) is 1.41. The number of nitro groups is 1. The van der Waals surface area contributed by atoms with Gasteiger partial charge in [0.2, 0.25) is 5.91 Å². The van der Waals surface area contributed by atoms with E-state index in [0.717, 1.165) is 11.0 Å². The van der Waals surface area contributed by atoms with Crippen molar-refractivity contribution < 1.29 is 18.9 Å². The molecule has 0 spiro atoms. The fourth-order valence-electron chi connectivity index (χ4n) is 2.31. The van der Waals surface area contributed by atoms with Crippen molar-refractivity contribution in [3.63, 3.8) is 0 Å². The Kier molecular flexibility index (Phi) is 5.43. The summed E-state index contributed by atoms with van der Waals surface area (Å²) in [5.74, 6) is -1.52. The molecule has 2 aromatic rings. The van der Waals surface area contributed by atoms with E-state index >= 15 is 0 Å². The number of amides is 2. The number of nitro benzene ring substituents is 1. The van der Waals surface area contributed by atoms with E-state index < -0.39 is 22.6 Å². The van der Waals surface area contributed by atoms with E-state index in [1.807, 2.05) is 0 Å². The smallest absolute Gasteiger partial charge is 0.273 e. The summed E-state index contributed by atoms with van der Waals surface area (Å²) in [4.78, 5) is 36.0. The van der Waals surface area contributed by atoms with Crippen LogP contribution < -0.4 is 5.32 Å². The predicted octanol–water partition coefficient (Wildman–Crippen LogP) is 2.75. The van der Waals surface area contributed by atoms with Gasteiger partial charge >= 0.3 is 0 Å². The first-order chi connectivity index (χ1) is 11.8. The standard InChI is InChI=1S/C17H16FN3O4/c1-11-14(7-4-8-15(11)21(24)25)17(23)20(2)10-16(22)19-13-6-3-5-12(18)9-13/h3-9H,10H2,1-2H3,(H,19,22). The first-order valence-corrected chi connectivity index (χ1v) is 7.34. The van der Waals surface area contributed by atoms with Crippen molar-refractivity contribution >= 4 is 23.2 Å². The molecule has 0 unspecified atom stereocenters. The van der Waals surface area contributed by atoms with E-state index in [1.54, 1.807) is 0 Å². The van der Waals surface area contributed by atoms with Crippen molar-refractivity contribution in [1.82, 2.24) is 4.90 Å². The molecule has 130 valence electrons. The Hall–Kier alpha value is -3.29. The van der Waals surface area contributed by atoms with Crippen molar-refractivity contribution in [2.45, 2.75) is 6.92 Å². The highest BCUT2D eigenvalue weighted by Gasteiger charge is 2.21. The molecule has 0 aliphatic carbocycles. The highest BCUT2D eigenvalue weighted by molar-refractivity contribution is 6.00. The number of nitrogens with zero attached hydrogens (tertiary/aromatic N) is 2. The fourth-order valence-corrected chi connectivity index (χ4v) is 2.31. The first-order valence-electron chi connectivity index (χ1n) is 7.34. The minimum Gasteiger partial charge on any atom is -0.332 e. The Balaban J connectivity index is 2.09. The van der Waals surface area contributed by atoms with Crippen LogP contribution in [0.15, 0.2) is 42.5 Å². The van der Waals surface area contributed by atoms with E-state index in [9.17, 15) is 24.1 Å². The van der Waals surface area contributed by atoms with Crippen molar-refractivity contribution in [3.8, 4) is 0 Å². The number of carbonyl (C=O) groups excluding carboxylic acids is 2. The summed E-state index contributed by atoms with van der Waals surface area (Å²) in [5.41, 5.74) is 0.492. The van der Waals surface area contributed by atoms with Crippen LogP contribution in [0.25, 0.3) is 0 Å². The second kappa shape index (κ2) is 7.52. The average Bonchev–Trinajstić information content (AvgIpc) is 2.54. The summed E-state index contributed by atoms with van der Waals surface area (Å²) in [6.07, 6.45) is 0. The molecule has 0 radical (unpaired) electrons. The Morgan fingerprint density at radius 3 is 2.56 bits per heavy atom. The van der Waals surface area contributed by atoms with Gasteiger partial charge in [0.25, 0.3) is 11.6 Å². The minimum atomic E-state index is -0.567. The van der Waals surface area contributed by atoms with E-state index in [0.29, 0.717) is 0 Å². The Morgan fingerprint density at radius 1 is 1.24 bits per heavy atom. The molecule has 0 fully saturated rings. The molecule has 0 atom stereocenters. The van der Waals surface area contributed by atoms with E-state index in [4.69, 9.17) is 0 Å². The van der Waals surface area contributed by atoms with Crippen LogP contribution in [-0.4, -0.2) is 35.2 Å². The molecule has 2 aromatic carbocycles. The molecule has 0 saturated carbocycles. The van der Waals surface area contributed by atoms with Crippen LogP contribution in [0, 0.1) is 22.9 Å². The van der Waals surface area contributed by atoms with E-state index in [2.05, 4.69) is 5.32 Å². The van der Waals surface area contributed by atoms with Crippen LogP contribution in [0.1, 0.15) is 15.9 Å². The zero-order valence-electron chi connectivity index (χ0n) is 13.7. The zero-order valence-corrected chi connectivity index (χ0v) is 13.7. The molecule has 1 N–H and O–H groups in total. The second-order valence-electron chi connectivity index (χ2n) is 5.43. The van der Waals surface area contributed by atoms with Crippen LogP contribution >= 0.6 is 0 Å². The highest BCUT2D eigenvalue weighted by Crippen LogP contribution is 2.22. The maximum Gasteiger partial charge on any atom is 0.273 e. The number of benzene rings is 2. The molecule has 0 heterocycles. The molecular weight excluding hydrogens is 329 g/mol. The van der Waals surface area contributed by atoms with Crippen LogP contribution in [0.4, 0.5) is 15.8 Å². The van der Waals surface area contributed by atoms with Crippen LogP contribution in [0.5, 0.6) is 0 Å². The van der Waals surface area contributed by atoms with Gasteiger partial charge in [0.15, 0.2) is 0 Å². The largest absolute Gasteiger partial charge is 0.332 e. The SMILES string of the molecule is Cc1c(C(=O)N(C)CC(=O)Nc2cccc(F)c2)cccc1[N+](=O)[O-]. The van der Waals surface area contributed by atoms with Gasteiger partial charge in [-0.3, -0.25) is 19.7 Å². The number of rotatable bonds is 5. The first kappa shape index (κ1) is 18.1. The summed E-state index contributed by atoms with van der Waals surface area (Å²) < 4.78 is 13.1. The molecule has 2 amide bonds. The number of anilines is 1. The molecule has 0 saturated heterocycles. The lowest BCUT2D eigenvalue weighted by molar-refractivity contribution is -0.385. The van der Waals surface area contributed by atoms with Gasteiger partial charge in [-0.05, 0) is 31.2 Å². The molecule has 0 aromatic heterocycles. The van der Waals surface area contributed by atoms with Crippen molar-refractivity contribution in [2.75, 3.05) is 18.9 Å². The summed E-state index contributed by atoms with van der Waals surface area (Å²) in [5, 5.41) is 13.4. The van der Waals surface area contributed by atoms with Gasteiger partial charge in [-0.15, -0.1) is 0 Å². The van der Waals surface area contributed by atoms with Gasteiger partial charge in [0, 0.05) is 29.9 Å². The van der Waals surface area contributed by atoms with Crippen molar-refractivity contribution in [2.24, 2.45) is 0 Å². The Labute approximate surface area is 143 Å². The number of nitrogens with one attached hydrogen (secondary N) is 1. The number of hydrogen-bond donors (Lipinski definition) is 1. The van der Waals surface area contributed by atoms with Crippen LogP contribution in [0.3, 0.4) is 0 Å². The average molecular weight is 345 g/mol. The number of carbonyl (C=O) groups is 2. The summed E-state index contributed by atoms with van der Waals surface area (Å²) in [6, 6.07) is 9.56. The van der Waals surface area contributed by atoms with Crippen LogP contribution in [0.2, 0.25) is 0 Å². The molecule has 8 heteroatoms. The molecule has 0 bridgehead atoms. The van der Waals surface area contributed by atoms with Crippen molar-refractivity contribution in [1.29, 1.82) is 0 Å². The quantitative estimate of drug-likeness (QED) is 0.666. The van der Waals surface area contributed by atoms with Gasteiger partial charge in [-0.1, -0.05) is 12.1 Å². The maximum absolute atomic E-state index is 13.1. The molecule has 7 nitrogen and oxygen atoms in total. The maximum atomic E-state index is 13.1. The van der Waals surface area contributed by atoms with Gasteiger partial charge in [-0.2, -0.15) is 0 Å². The van der Waals surface area contributed by atoms with Gasteiger partial charge < -0.3 is 10.2 Å². The number of hydrogen-bond acceptors (Lipinski definition) is 4. The fraction of sp³-hybridized carbons (Fsp3) is 0.176. The third-order valence-corrected chi connectivity index (χ3v) is 3.57. The minimum absolute atomic E-state index is 0.148. The van der Waals surface area contributed by atoms with Gasteiger partial charge in [0.05, 0.1) is 11.5 Å². The second-order valence-corrected chi connectivity index (χ2v) is 5.43. The molecule has 0 aliphatic rings. The predicted molar refractivity (Wildman–Crippen MR) is 89.8 cm³/mol. The Morgan fingerprint density at radius 2 is 1.92 bits per heavy atom. The molecule has 0 aliphatic heterocycles.